The summed E-state index contributed by atoms with van der Waals surface area (Å²) < 4.78 is 0. The molecule has 0 fully saturated rings. The van der Waals surface area contributed by atoms with Crippen LogP contribution >= 0.6 is 0 Å². The van der Waals surface area contributed by atoms with Gasteiger partial charge < -0.3 is 10.6 Å². The third kappa shape index (κ3) is 1.57. The Hall–Kier alpha value is -1.65. The van der Waals surface area contributed by atoms with E-state index in [0.29, 0.717) is 0 Å². The molecule has 3 unspecified atom stereocenters. The van der Waals surface area contributed by atoms with Gasteiger partial charge in [0.15, 0.2) is 6.23 Å². The van der Waals surface area contributed by atoms with E-state index in [0.717, 1.165) is 6.54 Å². The number of hydrogen-bond donors (Lipinski definition) is 1. The first-order valence-corrected chi connectivity index (χ1v) is 5.72. The van der Waals surface area contributed by atoms with Crippen molar-refractivity contribution < 1.29 is 4.84 Å². The van der Waals surface area contributed by atoms with Crippen molar-refractivity contribution in [1.29, 1.82) is 0 Å². The van der Waals surface area contributed by atoms with Gasteiger partial charge in [-0.3, -0.25) is 0 Å². The number of oxime groups is 1. The minimum absolute atomic E-state index is 0.0992. The van der Waals surface area contributed by atoms with Crippen molar-refractivity contribution in [2.75, 3.05) is 0 Å². The number of nitrogens with two attached hydrogens (primary N) is 1. The molecule has 2 heterocycles. The van der Waals surface area contributed by atoms with Gasteiger partial charge in [0.2, 0.25) is 0 Å². The van der Waals surface area contributed by atoms with Gasteiger partial charge in [-0.25, -0.2) is 4.90 Å². The van der Waals surface area contributed by atoms with Crippen LogP contribution in [0.25, 0.3) is 0 Å². The molecule has 0 amide bonds. The van der Waals surface area contributed by atoms with Crippen molar-refractivity contribution in [2.45, 2.75) is 24.9 Å². The van der Waals surface area contributed by atoms with Gasteiger partial charge in [0.05, 0.1) is 18.3 Å². The molecule has 0 aromatic heterocycles. The van der Waals surface area contributed by atoms with Crippen LogP contribution in [0.3, 0.4) is 0 Å². The molecule has 2 aliphatic heterocycles. The number of nitrogens with zero attached hydrogens (tertiary/aromatic N) is 2. The largest absolute Gasteiger partial charge is 0.376 e. The fourth-order valence-corrected chi connectivity index (χ4v) is 2.50. The monoisotopic (exact) mass is 229 g/mol. The SMILES string of the molecule is C=CC(N)N1Cc2ccccc2C2C=NOC21. The van der Waals surface area contributed by atoms with E-state index in [2.05, 4.69) is 28.8 Å². The number of fused-ring (bicyclic) bond motifs is 3. The predicted octanol–water partition coefficient (Wildman–Crippen LogP) is 1.40. The Bertz CT molecular complexity index is 471. The molecular weight excluding hydrogens is 214 g/mol. The van der Waals surface area contributed by atoms with Gasteiger partial charge in [-0.05, 0) is 11.1 Å². The summed E-state index contributed by atoms with van der Waals surface area (Å²) in [5.41, 5.74) is 8.60. The number of rotatable bonds is 2. The number of hydrogen-bond acceptors (Lipinski definition) is 4. The zero-order chi connectivity index (χ0) is 11.8. The minimum Gasteiger partial charge on any atom is -0.376 e. The third-order valence-corrected chi connectivity index (χ3v) is 3.42. The Kier molecular flexibility index (Phi) is 2.46. The van der Waals surface area contributed by atoms with E-state index in [-0.39, 0.29) is 18.3 Å². The Morgan fingerprint density at radius 3 is 3.18 bits per heavy atom. The van der Waals surface area contributed by atoms with E-state index in [1.165, 1.54) is 11.1 Å². The van der Waals surface area contributed by atoms with Crippen LogP contribution in [-0.4, -0.2) is 23.5 Å². The van der Waals surface area contributed by atoms with Crippen molar-refractivity contribution in [2.24, 2.45) is 10.9 Å². The summed E-state index contributed by atoms with van der Waals surface area (Å²) in [6.07, 6.45) is 3.27. The molecule has 1 aromatic carbocycles. The standard InChI is InChI=1S/C13H15N3O/c1-2-12(14)16-8-9-5-3-4-6-10(9)11-7-15-17-13(11)16/h2-7,11-13H,1,8,14H2. The Balaban J connectivity index is 2.02. The van der Waals surface area contributed by atoms with Crippen molar-refractivity contribution in [3.8, 4) is 0 Å². The lowest BCUT2D eigenvalue weighted by molar-refractivity contribution is -0.0693. The Morgan fingerprint density at radius 2 is 2.35 bits per heavy atom. The average Bonchev–Trinajstić information content (AvgIpc) is 2.86. The van der Waals surface area contributed by atoms with E-state index < -0.39 is 0 Å². The van der Waals surface area contributed by atoms with Crippen LogP contribution in [0.5, 0.6) is 0 Å². The molecule has 0 saturated heterocycles. The molecule has 0 spiro atoms. The maximum atomic E-state index is 6.03. The maximum Gasteiger partial charge on any atom is 0.194 e. The lowest BCUT2D eigenvalue weighted by Crippen LogP contribution is -2.51. The van der Waals surface area contributed by atoms with Gasteiger partial charge in [0.1, 0.15) is 0 Å². The normalized spacial score (nSPS) is 28.1. The molecule has 4 heteroatoms. The zero-order valence-electron chi connectivity index (χ0n) is 9.49. The highest BCUT2D eigenvalue weighted by Gasteiger charge is 2.40. The van der Waals surface area contributed by atoms with Gasteiger partial charge in [0, 0.05) is 6.54 Å². The maximum absolute atomic E-state index is 6.03. The lowest BCUT2D eigenvalue weighted by Gasteiger charge is -2.38. The molecule has 0 radical (unpaired) electrons. The molecule has 0 saturated carbocycles. The van der Waals surface area contributed by atoms with Crippen molar-refractivity contribution in [3.63, 3.8) is 0 Å². The van der Waals surface area contributed by atoms with Gasteiger partial charge in [-0.15, -0.1) is 6.58 Å². The second kappa shape index (κ2) is 3.98. The van der Waals surface area contributed by atoms with Crippen LogP contribution in [0.15, 0.2) is 42.1 Å². The fourth-order valence-electron chi connectivity index (χ4n) is 2.50. The highest BCUT2D eigenvalue weighted by molar-refractivity contribution is 5.71. The molecule has 88 valence electrons. The molecule has 2 aliphatic rings. The van der Waals surface area contributed by atoms with E-state index in [9.17, 15) is 0 Å². The molecule has 3 rings (SSSR count). The van der Waals surface area contributed by atoms with Crippen LogP contribution in [0.2, 0.25) is 0 Å². The van der Waals surface area contributed by atoms with Crippen LogP contribution in [-0.2, 0) is 11.4 Å². The lowest BCUT2D eigenvalue weighted by atomic mass is 9.89. The van der Waals surface area contributed by atoms with E-state index in [1.54, 1.807) is 6.08 Å². The molecule has 0 bridgehead atoms. The van der Waals surface area contributed by atoms with Crippen LogP contribution < -0.4 is 5.73 Å². The predicted molar refractivity (Wildman–Crippen MR) is 66.3 cm³/mol. The van der Waals surface area contributed by atoms with Gasteiger partial charge >= 0.3 is 0 Å². The van der Waals surface area contributed by atoms with E-state index in [1.807, 2.05) is 18.3 Å². The highest BCUT2D eigenvalue weighted by Crippen LogP contribution is 2.36. The summed E-state index contributed by atoms with van der Waals surface area (Å²) in [5, 5.41) is 3.94. The van der Waals surface area contributed by atoms with E-state index in [4.69, 9.17) is 10.6 Å². The van der Waals surface area contributed by atoms with Crippen molar-refractivity contribution >= 4 is 6.21 Å². The smallest absolute Gasteiger partial charge is 0.194 e. The second-order valence-electron chi connectivity index (χ2n) is 4.37. The summed E-state index contributed by atoms with van der Waals surface area (Å²) in [6, 6.07) is 8.35. The topological polar surface area (TPSA) is 50.8 Å². The summed E-state index contributed by atoms with van der Waals surface area (Å²) in [4.78, 5) is 7.49. The summed E-state index contributed by atoms with van der Waals surface area (Å²) in [7, 11) is 0. The zero-order valence-corrected chi connectivity index (χ0v) is 9.49. The molecule has 3 atom stereocenters. The summed E-state index contributed by atoms with van der Waals surface area (Å²) >= 11 is 0. The van der Waals surface area contributed by atoms with Gasteiger partial charge in [0.25, 0.3) is 0 Å². The third-order valence-electron chi connectivity index (χ3n) is 3.42. The molecule has 17 heavy (non-hydrogen) atoms. The fraction of sp³-hybridized carbons (Fsp3) is 0.308. The minimum atomic E-state index is -0.211. The van der Waals surface area contributed by atoms with Crippen molar-refractivity contribution in [3.05, 3.63) is 48.0 Å². The molecule has 1 aromatic rings. The van der Waals surface area contributed by atoms with Gasteiger partial charge in [-0.2, -0.15) is 0 Å². The first-order valence-electron chi connectivity index (χ1n) is 5.72. The van der Waals surface area contributed by atoms with Crippen LogP contribution in [0.4, 0.5) is 0 Å². The molecule has 4 nitrogen and oxygen atoms in total. The Morgan fingerprint density at radius 1 is 1.53 bits per heavy atom. The second-order valence-corrected chi connectivity index (χ2v) is 4.37. The van der Waals surface area contributed by atoms with Gasteiger partial charge in [-0.1, -0.05) is 35.5 Å². The highest BCUT2D eigenvalue weighted by atomic mass is 16.7. The van der Waals surface area contributed by atoms with E-state index >= 15 is 0 Å². The quantitative estimate of drug-likeness (QED) is 0.780. The molecular formula is C13H15N3O. The summed E-state index contributed by atoms with van der Waals surface area (Å²) in [6.45, 7) is 4.51. The molecule has 0 aliphatic carbocycles. The first kappa shape index (κ1) is 10.5. The Labute approximate surface area is 100 Å². The molecule has 2 N–H and O–H groups in total. The summed E-state index contributed by atoms with van der Waals surface area (Å²) in [5.74, 6) is 0.172. The van der Waals surface area contributed by atoms with Crippen molar-refractivity contribution in [1.82, 2.24) is 4.90 Å². The van der Waals surface area contributed by atoms with Crippen LogP contribution in [0.1, 0.15) is 17.0 Å². The number of benzene rings is 1. The first-order chi connectivity index (χ1) is 8.31. The average molecular weight is 229 g/mol. The van der Waals surface area contributed by atoms with Crippen LogP contribution in [0, 0.1) is 0 Å².